The highest BCUT2D eigenvalue weighted by Gasteiger charge is 2.22. The highest BCUT2D eigenvalue weighted by Crippen LogP contribution is 2.27. The van der Waals surface area contributed by atoms with Crippen LogP contribution in [0.1, 0.15) is 30.6 Å². The van der Waals surface area contributed by atoms with Gasteiger partial charge in [-0.3, -0.25) is 4.90 Å². The SMILES string of the molecule is ClCCC1CCCCN1Cc1ccc(Br)s1. The molecule has 1 aliphatic heterocycles. The molecule has 1 saturated heterocycles. The lowest BCUT2D eigenvalue weighted by molar-refractivity contribution is 0.138. The van der Waals surface area contributed by atoms with Gasteiger partial charge in [0.1, 0.15) is 0 Å². The quantitative estimate of drug-likeness (QED) is 0.738. The molecular formula is C12H17BrClNS. The van der Waals surface area contributed by atoms with Crippen LogP contribution in [-0.2, 0) is 6.54 Å². The first-order valence-electron chi connectivity index (χ1n) is 5.84. The van der Waals surface area contributed by atoms with Gasteiger partial charge in [-0.2, -0.15) is 0 Å². The summed E-state index contributed by atoms with van der Waals surface area (Å²) in [5.41, 5.74) is 0. The molecule has 1 fully saturated rings. The molecule has 0 bridgehead atoms. The minimum Gasteiger partial charge on any atom is -0.295 e. The topological polar surface area (TPSA) is 3.24 Å². The van der Waals surface area contributed by atoms with E-state index in [1.165, 1.54) is 34.5 Å². The maximum Gasteiger partial charge on any atom is 0.0701 e. The summed E-state index contributed by atoms with van der Waals surface area (Å²) >= 11 is 11.2. The Hall–Kier alpha value is 0.430. The number of hydrogen-bond donors (Lipinski definition) is 0. The molecule has 2 rings (SSSR count). The number of thiophene rings is 1. The summed E-state index contributed by atoms with van der Waals surface area (Å²) in [6, 6.07) is 5.06. The average molecular weight is 323 g/mol. The van der Waals surface area contributed by atoms with E-state index in [1.807, 2.05) is 11.3 Å². The third-order valence-electron chi connectivity index (χ3n) is 3.18. The molecule has 1 unspecified atom stereocenters. The summed E-state index contributed by atoms with van der Waals surface area (Å²) in [6.07, 6.45) is 5.16. The van der Waals surface area contributed by atoms with E-state index in [0.717, 1.165) is 18.8 Å². The van der Waals surface area contributed by atoms with Gasteiger partial charge >= 0.3 is 0 Å². The molecular weight excluding hydrogens is 306 g/mol. The van der Waals surface area contributed by atoms with Crippen molar-refractivity contribution in [1.82, 2.24) is 4.90 Å². The highest BCUT2D eigenvalue weighted by molar-refractivity contribution is 9.11. The summed E-state index contributed by atoms with van der Waals surface area (Å²) in [5.74, 6) is 0.787. The molecule has 1 aliphatic rings. The van der Waals surface area contributed by atoms with Crippen molar-refractivity contribution in [2.24, 2.45) is 0 Å². The molecule has 16 heavy (non-hydrogen) atoms. The Balaban J connectivity index is 1.95. The lowest BCUT2D eigenvalue weighted by atomic mass is 10.00. The van der Waals surface area contributed by atoms with E-state index in [2.05, 4.69) is 33.0 Å². The largest absolute Gasteiger partial charge is 0.295 e. The van der Waals surface area contributed by atoms with Crippen LogP contribution in [0.5, 0.6) is 0 Å². The third-order valence-corrected chi connectivity index (χ3v) is 5.01. The number of piperidine rings is 1. The third kappa shape index (κ3) is 3.46. The molecule has 1 nitrogen and oxygen atoms in total. The lowest BCUT2D eigenvalue weighted by Crippen LogP contribution is -2.38. The Labute approximate surface area is 115 Å². The van der Waals surface area contributed by atoms with E-state index in [9.17, 15) is 0 Å². The lowest BCUT2D eigenvalue weighted by Gasteiger charge is -2.35. The Morgan fingerprint density at radius 2 is 2.31 bits per heavy atom. The van der Waals surface area contributed by atoms with Crippen molar-refractivity contribution < 1.29 is 0 Å². The molecule has 90 valence electrons. The van der Waals surface area contributed by atoms with Crippen LogP contribution in [-0.4, -0.2) is 23.4 Å². The van der Waals surface area contributed by atoms with E-state index < -0.39 is 0 Å². The second-order valence-corrected chi connectivity index (χ2v) is 7.23. The summed E-state index contributed by atoms with van der Waals surface area (Å²) in [7, 11) is 0. The second-order valence-electron chi connectivity index (χ2n) is 4.30. The van der Waals surface area contributed by atoms with E-state index >= 15 is 0 Å². The first kappa shape index (κ1) is 12.9. The maximum absolute atomic E-state index is 5.88. The molecule has 0 spiro atoms. The fourth-order valence-electron chi connectivity index (χ4n) is 2.36. The minimum absolute atomic E-state index is 0.701. The van der Waals surface area contributed by atoms with E-state index in [4.69, 9.17) is 11.6 Å². The number of halogens is 2. The van der Waals surface area contributed by atoms with E-state index in [1.54, 1.807) is 0 Å². The van der Waals surface area contributed by atoms with Gasteiger partial charge in [-0.05, 0) is 53.9 Å². The van der Waals surface area contributed by atoms with Crippen molar-refractivity contribution in [3.63, 3.8) is 0 Å². The van der Waals surface area contributed by atoms with Gasteiger partial charge in [0.2, 0.25) is 0 Å². The summed E-state index contributed by atoms with van der Waals surface area (Å²) < 4.78 is 1.23. The van der Waals surface area contributed by atoms with E-state index in [-0.39, 0.29) is 0 Å². The highest BCUT2D eigenvalue weighted by atomic mass is 79.9. The van der Waals surface area contributed by atoms with Crippen molar-refractivity contribution >= 4 is 38.9 Å². The number of hydrogen-bond acceptors (Lipinski definition) is 2. The van der Waals surface area contributed by atoms with Crippen LogP contribution >= 0.6 is 38.9 Å². The monoisotopic (exact) mass is 321 g/mol. The molecule has 1 aromatic rings. The molecule has 0 N–H and O–H groups in total. The fraction of sp³-hybridized carbons (Fsp3) is 0.667. The van der Waals surface area contributed by atoms with Gasteiger partial charge in [0, 0.05) is 23.3 Å². The van der Waals surface area contributed by atoms with Gasteiger partial charge in [0.15, 0.2) is 0 Å². The Bertz CT molecular complexity index is 327. The van der Waals surface area contributed by atoms with Crippen LogP contribution in [0, 0.1) is 0 Å². The van der Waals surface area contributed by atoms with Crippen molar-refractivity contribution in [2.75, 3.05) is 12.4 Å². The summed E-state index contributed by atoms with van der Waals surface area (Å²) in [6.45, 7) is 2.33. The molecule has 2 heterocycles. The zero-order valence-electron chi connectivity index (χ0n) is 9.29. The first-order valence-corrected chi connectivity index (χ1v) is 7.98. The molecule has 1 aromatic heterocycles. The molecule has 0 amide bonds. The molecule has 0 radical (unpaired) electrons. The molecule has 0 aromatic carbocycles. The van der Waals surface area contributed by atoms with Crippen LogP contribution in [0.4, 0.5) is 0 Å². The first-order chi connectivity index (χ1) is 7.79. The van der Waals surface area contributed by atoms with Crippen LogP contribution < -0.4 is 0 Å². The Morgan fingerprint density at radius 1 is 1.44 bits per heavy atom. The van der Waals surface area contributed by atoms with Gasteiger partial charge in [0.25, 0.3) is 0 Å². The molecule has 0 aliphatic carbocycles. The summed E-state index contributed by atoms with van der Waals surface area (Å²) in [4.78, 5) is 4.05. The molecule has 4 heteroatoms. The standard InChI is InChI=1S/C12H17BrClNS/c13-12-5-4-11(16-12)9-15-8-2-1-3-10(15)6-7-14/h4-5,10H,1-3,6-9H2. The maximum atomic E-state index is 5.88. The van der Waals surface area contributed by atoms with Crippen LogP contribution in [0.3, 0.4) is 0 Å². The summed E-state index contributed by atoms with van der Waals surface area (Å²) in [5, 5.41) is 0. The van der Waals surface area contributed by atoms with Crippen LogP contribution in [0.25, 0.3) is 0 Å². The predicted octanol–water partition coefficient (Wildman–Crippen LogP) is 4.49. The average Bonchev–Trinajstić information content (AvgIpc) is 2.67. The van der Waals surface area contributed by atoms with Gasteiger partial charge < -0.3 is 0 Å². The van der Waals surface area contributed by atoms with Gasteiger partial charge in [-0.25, -0.2) is 0 Å². The fourth-order valence-corrected chi connectivity index (χ4v) is 4.12. The van der Waals surface area contributed by atoms with Gasteiger partial charge in [-0.1, -0.05) is 6.42 Å². The van der Waals surface area contributed by atoms with Crippen molar-refractivity contribution in [1.29, 1.82) is 0 Å². The van der Waals surface area contributed by atoms with Crippen molar-refractivity contribution in [2.45, 2.75) is 38.3 Å². The Morgan fingerprint density at radius 3 is 3.00 bits per heavy atom. The molecule has 1 atom stereocenters. The second kappa shape index (κ2) is 6.39. The van der Waals surface area contributed by atoms with Crippen molar-refractivity contribution in [3.05, 3.63) is 20.8 Å². The van der Waals surface area contributed by atoms with Gasteiger partial charge in [0.05, 0.1) is 3.79 Å². The van der Waals surface area contributed by atoms with Crippen molar-refractivity contribution in [3.8, 4) is 0 Å². The zero-order valence-corrected chi connectivity index (χ0v) is 12.5. The van der Waals surface area contributed by atoms with Gasteiger partial charge in [-0.15, -0.1) is 22.9 Å². The van der Waals surface area contributed by atoms with Crippen LogP contribution in [0.15, 0.2) is 15.9 Å². The number of rotatable bonds is 4. The molecule has 0 saturated carbocycles. The normalized spacial score (nSPS) is 22.5. The van der Waals surface area contributed by atoms with E-state index in [0.29, 0.717) is 6.04 Å². The number of nitrogens with zero attached hydrogens (tertiary/aromatic N) is 1. The smallest absolute Gasteiger partial charge is 0.0701 e. The predicted molar refractivity (Wildman–Crippen MR) is 75.4 cm³/mol. The van der Waals surface area contributed by atoms with Crippen LogP contribution in [0.2, 0.25) is 0 Å². The number of likely N-dealkylation sites (tertiary alicyclic amines) is 1. The zero-order chi connectivity index (χ0) is 11.4. The Kier molecular flexibility index (Phi) is 5.14. The minimum atomic E-state index is 0.701. The number of alkyl halides is 1.